The first kappa shape index (κ1) is 14.8. The maximum atomic E-state index is 13.3. The number of rotatable bonds is 3. The summed E-state index contributed by atoms with van der Waals surface area (Å²) in [6, 6.07) is 11.5. The minimum absolute atomic E-state index is 0.159. The van der Waals surface area contributed by atoms with Crippen LogP contribution in [-0.2, 0) is 0 Å². The third-order valence-corrected chi connectivity index (χ3v) is 5.68. The van der Waals surface area contributed by atoms with Gasteiger partial charge in [-0.25, -0.2) is 8.70 Å². The van der Waals surface area contributed by atoms with Crippen LogP contribution in [0.3, 0.4) is 0 Å². The number of halogens is 1. The van der Waals surface area contributed by atoms with Crippen molar-refractivity contribution >= 4 is 22.9 Å². The van der Waals surface area contributed by atoms with Gasteiger partial charge in [0.25, 0.3) is 0 Å². The van der Waals surface area contributed by atoms with Crippen molar-refractivity contribution < 1.29 is 9.50 Å². The summed E-state index contributed by atoms with van der Waals surface area (Å²) in [6.07, 6.45) is 1.93. The number of benzene rings is 2. The van der Waals surface area contributed by atoms with Gasteiger partial charge in [0.2, 0.25) is 0 Å². The molecule has 0 saturated heterocycles. The number of aromatic nitrogens is 1. The number of fused-ring (bicyclic) bond motifs is 2. The van der Waals surface area contributed by atoms with Crippen LogP contribution in [0.5, 0.6) is 0 Å². The fourth-order valence-corrected chi connectivity index (χ4v) is 4.32. The molecular formula is C18H17FN2OS. The molecule has 1 aliphatic heterocycles. The van der Waals surface area contributed by atoms with Gasteiger partial charge >= 0.3 is 0 Å². The molecule has 3 nitrogen and oxygen atoms in total. The smallest absolute Gasteiger partial charge is 0.125 e. The van der Waals surface area contributed by atoms with Gasteiger partial charge in [-0.2, -0.15) is 0 Å². The van der Waals surface area contributed by atoms with E-state index in [0.29, 0.717) is 6.54 Å². The summed E-state index contributed by atoms with van der Waals surface area (Å²) >= 11 is 1.70. The monoisotopic (exact) mass is 328 g/mol. The first-order valence-electron chi connectivity index (χ1n) is 7.64. The second-order valence-corrected chi connectivity index (χ2v) is 6.87. The number of aliphatic hydroxyl groups is 1. The lowest BCUT2D eigenvalue weighted by atomic mass is 9.99. The molecule has 2 aromatic carbocycles. The Hall–Kier alpha value is -1.82. The molecule has 0 amide bonds. The molecule has 1 aliphatic rings. The van der Waals surface area contributed by atoms with Crippen LogP contribution in [0.2, 0.25) is 0 Å². The van der Waals surface area contributed by atoms with Crippen LogP contribution in [-0.4, -0.2) is 27.5 Å². The molecule has 0 spiro atoms. The van der Waals surface area contributed by atoms with Crippen LogP contribution in [0.15, 0.2) is 47.5 Å². The van der Waals surface area contributed by atoms with E-state index < -0.39 is 0 Å². The van der Waals surface area contributed by atoms with Gasteiger partial charge in [-0.05, 0) is 60.3 Å². The van der Waals surface area contributed by atoms with Gasteiger partial charge < -0.3 is 10.1 Å². The quantitative estimate of drug-likeness (QED) is 0.702. The number of aliphatic hydroxyl groups excluding tert-OH is 1. The first-order valence-corrected chi connectivity index (χ1v) is 8.41. The van der Waals surface area contributed by atoms with E-state index in [1.165, 1.54) is 22.6 Å². The first-order chi connectivity index (χ1) is 11.2. The molecule has 0 aliphatic carbocycles. The van der Waals surface area contributed by atoms with E-state index >= 15 is 0 Å². The molecule has 1 atom stereocenters. The Bertz CT molecular complexity index is 877. The SMILES string of the molecule is CC1c2cc(-c3c[nH]c4cc(F)ccc34)ccc2SN1CCO. The van der Waals surface area contributed by atoms with E-state index in [9.17, 15) is 9.50 Å². The largest absolute Gasteiger partial charge is 0.395 e. The van der Waals surface area contributed by atoms with E-state index in [4.69, 9.17) is 0 Å². The summed E-state index contributed by atoms with van der Waals surface area (Å²) in [5.41, 5.74) is 4.29. The maximum Gasteiger partial charge on any atom is 0.125 e. The lowest BCUT2D eigenvalue weighted by Crippen LogP contribution is -2.18. The molecule has 0 saturated carbocycles. The molecule has 1 aromatic heterocycles. The minimum Gasteiger partial charge on any atom is -0.395 e. The number of nitrogens with one attached hydrogen (secondary N) is 1. The van der Waals surface area contributed by atoms with E-state index in [0.717, 1.165) is 22.0 Å². The summed E-state index contributed by atoms with van der Waals surface area (Å²) in [5.74, 6) is -0.232. The van der Waals surface area contributed by atoms with Gasteiger partial charge in [0.1, 0.15) is 5.82 Å². The van der Waals surface area contributed by atoms with E-state index in [2.05, 4.69) is 34.4 Å². The number of β-amino-alcohol motifs (C(OH)–C–C–N with tert-alkyl or cyclic N) is 1. The van der Waals surface area contributed by atoms with Crippen molar-refractivity contribution in [1.82, 2.24) is 9.29 Å². The van der Waals surface area contributed by atoms with E-state index in [1.807, 2.05) is 12.3 Å². The lowest BCUT2D eigenvalue weighted by Gasteiger charge is -2.18. The topological polar surface area (TPSA) is 39.3 Å². The highest BCUT2D eigenvalue weighted by Crippen LogP contribution is 2.45. The average molecular weight is 328 g/mol. The molecule has 118 valence electrons. The zero-order chi connectivity index (χ0) is 16.0. The van der Waals surface area contributed by atoms with Gasteiger partial charge in [-0.1, -0.05) is 6.07 Å². The van der Waals surface area contributed by atoms with Gasteiger partial charge in [-0.3, -0.25) is 0 Å². The van der Waals surface area contributed by atoms with Gasteiger partial charge in [-0.15, -0.1) is 0 Å². The zero-order valence-electron chi connectivity index (χ0n) is 12.7. The number of hydrogen-bond acceptors (Lipinski definition) is 3. The molecule has 5 heteroatoms. The molecule has 1 unspecified atom stereocenters. The normalized spacial score (nSPS) is 17.8. The molecule has 0 fully saturated rings. The summed E-state index contributed by atoms with van der Waals surface area (Å²) in [4.78, 5) is 4.38. The van der Waals surface area contributed by atoms with E-state index in [1.54, 1.807) is 11.9 Å². The van der Waals surface area contributed by atoms with Crippen molar-refractivity contribution in [3.05, 3.63) is 54.0 Å². The van der Waals surface area contributed by atoms with Crippen molar-refractivity contribution in [2.45, 2.75) is 17.9 Å². The van der Waals surface area contributed by atoms with Crippen LogP contribution in [0.4, 0.5) is 4.39 Å². The average Bonchev–Trinajstić information content (AvgIpc) is 3.09. The number of H-pyrrole nitrogens is 1. The van der Waals surface area contributed by atoms with Gasteiger partial charge in [0.15, 0.2) is 0 Å². The summed E-state index contributed by atoms with van der Waals surface area (Å²) in [7, 11) is 0. The number of hydrogen-bond donors (Lipinski definition) is 2. The van der Waals surface area contributed by atoms with Crippen molar-refractivity contribution in [1.29, 1.82) is 0 Å². The zero-order valence-corrected chi connectivity index (χ0v) is 13.5. The second-order valence-electron chi connectivity index (χ2n) is 5.78. The van der Waals surface area contributed by atoms with Crippen molar-refractivity contribution in [3.8, 4) is 11.1 Å². The van der Waals surface area contributed by atoms with E-state index in [-0.39, 0.29) is 18.5 Å². The Labute approximate surface area is 138 Å². The predicted molar refractivity (Wildman–Crippen MR) is 91.8 cm³/mol. The van der Waals surface area contributed by atoms with Crippen LogP contribution in [0.1, 0.15) is 18.5 Å². The fourth-order valence-electron chi connectivity index (χ4n) is 3.16. The predicted octanol–water partition coefficient (Wildman–Crippen LogP) is 4.35. The third kappa shape index (κ3) is 2.45. The molecule has 4 rings (SSSR count). The van der Waals surface area contributed by atoms with Gasteiger partial charge in [0.05, 0.1) is 6.61 Å². The lowest BCUT2D eigenvalue weighted by molar-refractivity contribution is 0.246. The molecular weight excluding hydrogens is 311 g/mol. The summed E-state index contributed by atoms with van der Waals surface area (Å²) < 4.78 is 15.5. The molecule has 2 N–H and O–H groups in total. The molecule has 0 bridgehead atoms. The van der Waals surface area contributed by atoms with Crippen LogP contribution >= 0.6 is 11.9 Å². The van der Waals surface area contributed by atoms with Crippen LogP contribution in [0, 0.1) is 5.82 Å². The fraction of sp³-hybridized carbons (Fsp3) is 0.222. The van der Waals surface area contributed by atoms with Crippen molar-refractivity contribution in [3.63, 3.8) is 0 Å². The van der Waals surface area contributed by atoms with Crippen molar-refractivity contribution in [2.75, 3.05) is 13.2 Å². The third-order valence-electron chi connectivity index (χ3n) is 4.38. The molecule has 23 heavy (non-hydrogen) atoms. The Morgan fingerprint density at radius 1 is 1.26 bits per heavy atom. The standard InChI is InChI=1S/C18H17FN2OS/c1-11-15-8-12(2-5-18(15)23-21(11)6-7-22)16-10-20-17-9-13(19)3-4-14(16)17/h2-5,8-11,20,22H,6-7H2,1H3. The Morgan fingerprint density at radius 2 is 2.13 bits per heavy atom. The minimum atomic E-state index is -0.232. The maximum absolute atomic E-state index is 13.3. The Balaban J connectivity index is 1.77. The second kappa shape index (κ2) is 5.67. The Kier molecular flexibility index (Phi) is 3.64. The highest BCUT2D eigenvalue weighted by Gasteiger charge is 2.27. The molecule has 3 aromatic rings. The van der Waals surface area contributed by atoms with Crippen LogP contribution < -0.4 is 0 Å². The Morgan fingerprint density at radius 3 is 2.96 bits per heavy atom. The number of aromatic amines is 1. The summed E-state index contributed by atoms with van der Waals surface area (Å²) in [6.45, 7) is 2.97. The summed E-state index contributed by atoms with van der Waals surface area (Å²) in [5, 5.41) is 10.2. The molecule has 0 radical (unpaired) electrons. The highest BCUT2D eigenvalue weighted by molar-refractivity contribution is 7.97. The van der Waals surface area contributed by atoms with Crippen LogP contribution in [0.25, 0.3) is 22.0 Å². The van der Waals surface area contributed by atoms with Gasteiger partial charge in [0, 0.05) is 40.1 Å². The molecule has 2 heterocycles. The number of nitrogens with zero attached hydrogens (tertiary/aromatic N) is 1. The van der Waals surface area contributed by atoms with Crippen molar-refractivity contribution in [2.24, 2.45) is 0 Å². The highest BCUT2D eigenvalue weighted by atomic mass is 32.2.